The van der Waals surface area contributed by atoms with Crippen molar-refractivity contribution in [2.24, 2.45) is 0 Å². The van der Waals surface area contributed by atoms with Crippen LogP contribution >= 0.6 is 11.3 Å². The number of aliphatic hydroxyl groups excluding tert-OH is 1. The lowest BCUT2D eigenvalue weighted by molar-refractivity contribution is 0.220. The molecule has 0 radical (unpaired) electrons. The van der Waals surface area contributed by atoms with Crippen molar-refractivity contribution in [1.82, 2.24) is 0 Å². The quantitative estimate of drug-likeness (QED) is 0.890. The summed E-state index contributed by atoms with van der Waals surface area (Å²) in [5.41, 5.74) is 1.30. The van der Waals surface area contributed by atoms with E-state index in [4.69, 9.17) is 4.74 Å². The highest BCUT2D eigenvalue weighted by Gasteiger charge is 2.13. The number of hydrogen-bond acceptors (Lipinski definition) is 3. The second-order valence-electron chi connectivity index (χ2n) is 3.35. The third-order valence-corrected chi connectivity index (χ3v) is 3.05. The number of aliphatic hydroxyl groups is 1. The Labute approximate surface area is 96.9 Å². The topological polar surface area (TPSA) is 29.5 Å². The van der Waals surface area contributed by atoms with Gasteiger partial charge >= 0.3 is 0 Å². The van der Waals surface area contributed by atoms with E-state index in [1.54, 1.807) is 6.07 Å². The van der Waals surface area contributed by atoms with Crippen LogP contribution in [0.1, 0.15) is 17.2 Å². The van der Waals surface area contributed by atoms with E-state index < -0.39 is 11.9 Å². The molecule has 4 heteroatoms. The third-order valence-electron chi connectivity index (χ3n) is 2.35. The van der Waals surface area contributed by atoms with Crippen LogP contribution in [0.25, 0.3) is 0 Å². The number of ether oxygens (including phenoxy) is 1. The van der Waals surface area contributed by atoms with Gasteiger partial charge in [0.25, 0.3) is 0 Å². The number of methoxy groups -OCH3 is 1. The van der Waals surface area contributed by atoms with Crippen LogP contribution < -0.4 is 4.74 Å². The zero-order chi connectivity index (χ0) is 11.5. The number of rotatable bonds is 3. The first kappa shape index (κ1) is 11.1. The van der Waals surface area contributed by atoms with Gasteiger partial charge in [0.2, 0.25) is 0 Å². The Kier molecular flexibility index (Phi) is 3.22. The Hall–Kier alpha value is -1.39. The van der Waals surface area contributed by atoms with Crippen LogP contribution in [0.2, 0.25) is 0 Å². The molecule has 0 unspecified atom stereocenters. The minimum atomic E-state index is -0.786. The Balaban J connectivity index is 2.31. The molecule has 84 valence electrons. The average Bonchev–Trinajstić information content (AvgIpc) is 2.81. The smallest absolute Gasteiger partial charge is 0.165 e. The van der Waals surface area contributed by atoms with Crippen molar-refractivity contribution in [3.63, 3.8) is 0 Å². The predicted octanol–water partition coefficient (Wildman–Crippen LogP) is 2.98. The average molecular weight is 238 g/mol. The second-order valence-corrected chi connectivity index (χ2v) is 4.13. The van der Waals surface area contributed by atoms with Gasteiger partial charge in [-0.25, -0.2) is 4.39 Å². The fourth-order valence-corrected chi connectivity index (χ4v) is 2.15. The monoisotopic (exact) mass is 238 g/mol. The fraction of sp³-hybridized carbons (Fsp3) is 0.167. The Morgan fingerprint density at radius 2 is 2.12 bits per heavy atom. The second kappa shape index (κ2) is 4.63. The lowest BCUT2D eigenvalue weighted by Crippen LogP contribution is -1.99. The molecule has 1 N–H and O–H groups in total. The molecular formula is C12H11FO2S. The lowest BCUT2D eigenvalue weighted by atomic mass is 10.0. The van der Waals surface area contributed by atoms with E-state index in [1.807, 2.05) is 16.8 Å². The Bertz CT molecular complexity index is 468. The SMILES string of the molecule is COc1ccc([C@@H](O)c2ccsc2)cc1F. The van der Waals surface area contributed by atoms with Gasteiger partial charge in [0.05, 0.1) is 7.11 Å². The molecule has 0 aliphatic heterocycles. The lowest BCUT2D eigenvalue weighted by Gasteiger charge is -2.10. The maximum atomic E-state index is 13.4. The van der Waals surface area contributed by atoms with Crippen LogP contribution in [0, 0.1) is 5.82 Å². The van der Waals surface area contributed by atoms with Gasteiger partial charge in [0, 0.05) is 0 Å². The molecule has 0 spiro atoms. The first-order valence-corrected chi connectivity index (χ1v) is 5.70. The van der Waals surface area contributed by atoms with Gasteiger partial charge in [0.15, 0.2) is 11.6 Å². The predicted molar refractivity (Wildman–Crippen MR) is 61.3 cm³/mol. The molecular weight excluding hydrogens is 227 g/mol. The maximum absolute atomic E-state index is 13.4. The summed E-state index contributed by atoms with van der Waals surface area (Å²) in [6, 6.07) is 6.28. The summed E-state index contributed by atoms with van der Waals surface area (Å²) in [4.78, 5) is 0. The molecule has 1 heterocycles. The van der Waals surface area contributed by atoms with Gasteiger partial charge in [-0.3, -0.25) is 0 Å². The van der Waals surface area contributed by atoms with E-state index in [9.17, 15) is 9.50 Å². The van der Waals surface area contributed by atoms with Crippen molar-refractivity contribution in [2.75, 3.05) is 7.11 Å². The summed E-state index contributed by atoms with van der Waals surface area (Å²) in [5, 5.41) is 13.7. The molecule has 0 fully saturated rings. The molecule has 0 bridgehead atoms. The number of benzene rings is 1. The standard InChI is InChI=1S/C12H11FO2S/c1-15-11-3-2-8(6-10(11)13)12(14)9-4-5-16-7-9/h2-7,12,14H,1H3/t12-/m1/s1. The van der Waals surface area contributed by atoms with Crippen LogP contribution in [-0.2, 0) is 0 Å². The molecule has 2 nitrogen and oxygen atoms in total. The molecule has 0 saturated carbocycles. The van der Waals surface area contributed by atoms with E-state index in [0.29, 0.717) is 5.56 Å². The molecule has 1 aromatic carbocycles. The summed E-state index contributed by atoms with van der Waals surface area (Å²) in [5.74, 6) is -0.282. The molecule has 0 saturated heterocycles. The first-order chi connectivity index (χ1) is 7.72. The van der Waals surface area contributed by atoms with Crippen LogP contribution in [0.4, 0.5) is 4.39 Å². The van der Waals surface area contributed by atoms with Gasteiger partial charge < -0.3 is 9.84 Å². The van der Waals surface area contributed by atoms with Crippen LogP contribution in [0.15, 0.2) is 35.0 Å². The van der Waals surface area contributed by atoms with Crippen LogP contribution in [0.5, 0.6) is 5.75 Å². The van der Waals surface area contributed by atoms with Gasteiger partial charge in [-0.2, -0.15) is 11.3 Å². The van der Waals surface area contributed by atoms with Gasteiger partial charge in [-0.05, 0) is 40.1 Å². The minimum absolute atomic E-state index is 0.182. The number of hydrogen-bond donors (Lipinski definition) is 1. The molecule has 0 aliphatic rings. The van der Waals surface area contributed by atoms with Crippen molar-refractivity contribution in [2.45, 2.75) is 6.10 Å². The first-order valence-electron chi connectivity index (χ1n) is 4.76. The molecule has 2 aromatic rings. The normalized spacial score (nSPS) is 12.4. The van der Waals surface area contributed by atoms with E-state index in [-0.39, 0.29) is 5.75 Å². The van der Waals surface area contributed by atoms with Gasteiger partial charge in [-0.1, -0.05) is 6.07 Å². The van der Waals surface area contributed by atoms with Crippen molar-refractivity contribution in [1.29, 1.82) is 0 Å². The summed E-state index contributed by atoms with van der Waals surface area (Å²) < 4.78 is 18.2. The zero-order valence-electron chi connectivity index (χ0n) is 8.68. The van der Waals surface area contributed by atoms with Gasteiger partial charge in [-0.15, -0.1) is 0 Å². The van der Waals surface area contributed by atoms with Crippen molar-refractivity contribution < 1.29 is 14.2 Å². The minimum Gasteiger partial charge on any atom is -0.494 e. The summed E-state index contributed by atoms with van der Waals surface area (Å²) >= 11 is 1.50. The highest BCUT2D eigenvalue weighted by atomic mass is 32.1. The largest absolute Gasteiger partial charge is 0.494 e. The van der Waals surface area contributed by atoms with E-state index in [0.717, 1.165) is 5.56 Å². The molecule has 1 atom stereocenters. The van der Waals surface area contributed by atoms with Crippen molar-refractivity contribution >= 4 is 11.3 Å². The summed E-state index contributed by atoms with van der Waals surface area (Å²) in [6.45, 7) is 0. The van der Waals surface area contributed by atoms with E-state index in [2.05, 4.69) is 0 Å². The fourth-order valence-electron chi connectivity index (χ4n) is 1.48. The highest BCUT2D eigenvalue weighted by Crippen LogP contribution is 2.27. The maximum Gasteiger partial charge on any atom is 0.165 e. The van der Waals surface area contributed by atoms with E-state index in [1.165, 1.54) is 30.6 Å². The summed E-state index contributed by atoms with van der Waals surface area (Å²) in [7, 11) is 1.41. The Morgan fingerprint density at radius 3 is 2.69 bits per heavy atom. The molecule has 1 aromatic heterocycles. The van der Waals surface area contributed by atoms with Crippen LogP contribution in [0.3, 0.4) is 0 Å². The van der Waals surface area contributed by atoms with Crippen LogP contribution in [-0.4, -0.2) is 12.2 Å². The third kappa shape index (κ3) is 2.08. The van der Waals surface area contributed by atoms with Crippen molar-refractivity contribution in [3.8, 4) is 5.75 Å². The van der Waals surface area contributed by atoms with Gasteiger partial charge in [0.1, 0.15) is 6.10 Å². The van der Waals surface area contributed by atoms with E-state index >= 15 is 0 Å². The number of halogens is 1. The Morgan fingerprint density at radius 1 is 1.31 bits per heavy atom. The zero-order valence-corrected chi connectivity index (χ0v) is 9.50. The molecule has 0 aliphatic carbocycles. The molecule has 0 amide bonds. The van der Waals surface area contributed by atoms with Crippen molar-refractivity contribution in [3.05, 3.63) is 52.0 Å². The molecule has 2 rings (SSSR count). The molecule has 16 heavy (non-hydrogen) atoms. The highest BCUT2D eigenvalue weighted by molar-refractivity contribution is 7.07. The number of thiophene rings is 1. The summed E-state index contributed by atoms with van der Waals surface area (Å²) in [6.07, 6.45) is -0.786.